The van der Waals surface area contributed by atoms with Gasteiger partial charge < -0.3 is 19.8 Å². The number of aliphatic hydroxyl groups excluding tert-OH is 1. The van der Waals surface area contributed by atoms with Gasteiger partial charge in [-0.3, -0.25) is 14.4 Å². The zero-order valence-electron chi connectivity index (χ0n) is 28.8. The minimum absolute atomic E-state index is 0.0900. The Morgan fingerprint density at radius 1 is 0.959 bits per heavy atom. The molecule has 256 valence electrons. The van der Waals surface area contributed by atoms with E-state index in [4.69, 9.17) is 0 Å². The van der Waals surface area contributed by atoms with Crippen LogP contribution < -0.4 is 4.90 Å². The van der Waals surface area contributed by atoms with Crippen molar-refractivity contribution < 1.29 is 19.5 Å². The predicted octanol–water partition coefficient (Wildman–Crippen LogP) is 6.12. The van der Waals surface area contributed by atoms with Crippen LogP contribution in [0.25, 0.3) is 0 Å². The van der Waals surface area contributed by atoms with Crippen LogP contribution in [0.5, 0.6) is 0 Å². The van der Waals surface area contributed by atoms with Crippen LogP contribution in [0.2, 0.25) is 0 Å². The van der Waals surface area contributed by atoms with Gasteiger partial charge in [0, 0.05) is 30.1 Å². The molecular weight excluding hydrogens is 631 g/mol. The minimum Gasteiger partial charge on any atom is -0.394 e. The van der Waals surface area contributed by atoms with Gasteiger partial charge in [-0.05, 0) is 68.4 Å². The summed E-state index contributed by atoms with van der Waals surface area (Å²) in [7, 11) is 0. The number of rotatable bonds is 13. The second-order valence-electron chi connectivity index (χ2n) is 14.0. The molecule has 0 aromatic heterocycles. The average molecular weight is 678 g/mol. The van der Waals surface area contributed by atoms with Gasteiger partial charge in [-0.25, -0.2) is 0 Å². The number of likely N-dealkylation sites (tertiary alicyclic amines) is 1. The fourth-order valence-corrected chi connectivity index (χ4v) is 10.9. The van der Waals surface area contributed by atoms with Gasteiger partial charge >= 0.3 is 0 Å². The first kappa shape index (κ1) is 34.7. The first-order chi connectivity index (χ1) is 23.6. The molecule has 3 saturated heterocycles. The summed E-state index contributed by atoms with van der Waals surface area (Å²) in [4.78, 5) is 50.5. The first-order valence-electron chi connectivity index (χ1n) is 17.2. The average Bonchev–Trinajstić information content (AvgIpc) is 3.68. The number of carbonyl (C=O) groups is 3. The highest BCUT2D eigenvalue weighted by Gasteiger charge is 2.78. The van der Waals surface area contributed by atoms with Crippen molar-refractivity contribution in [3.8, 4) is 0 Å². The molecule has 3 amide bonds. The minimum atomic E-state index is -0.877. The maximum atomic E-state index is 15.3. The summed E-state index contributed by atoms with van der Waals surface area (Å²) in [6, 6.07) is 24.1. The molecule has 49 heavy (non-hydrogen) atoms. The van der Waals surface area contributed by atoms with Gasteiger partial charge in [0.25, 0.3) is 5.91 Å². The maximum absolute atomic E-state index is 15.3. The van der Waals surface area contributed by atoms with E-state index in [-0.39, 0.29) is 30.9 Å². The number of aliphatic hydroxyl groups is 1. The van der Waals surface area contributed by atoms with Crippen molar-refractivity contribution in [3.63, 3.8) is 0 Å². The number of aryl methyl sites for hydroxylation is 2. The van der Waals surface area contributed by atoms with Gasteiger partial charge in [0.1, 0.15) is 6.04 Å². The maximum Gasteiger partial charge on any atom is 0.251 e. The van der Waals surface area contributed by atoms with E-state index < -0.39 is 33.4 Å². The molecule has 1 spiro atoms. The van der Waals surface area contributed by atoms with Crippen LogP contribution in [0.1, 0.15) is 42.0 Å². The van der Waals surface area contributed by atoms with Crippen LogP contribution in [0.3, 0.4) is 0 Å². The largest absolute Gasteiger partial charge is 0.394 e. The Hall–Kier alpha value is -4.14. The lowest BCUT2D eigenvalue weighted by molar-refractivity contribution is -0.146. The van der Waals surface area contributed by atoms with Crippen LogP contribution in [0.15, 0.2) is 104 Å². The van der Waals surface area contributed by atoms with Gasteiger partial charge in [-0.15, -0.1) is 24.9 Å². The van der Waals surface area contributed by atoms with E-state index in [9.17, 15) is 9.90 Å². The topological polar surface area (TPSA) is 81.2 Å². The molecular formula is C41H47N3O4S. The number of carbonyl (C=O) groups excluding carboxylic acids is 3. The Labute approximate surface area is 294 Å². The quantitative estimate of drug-likeness (QED) is 0.221. The summed E-state index contributed by atoms with van der Waals surface area (Å²) in [6.07, 6.45) is 5.16. The fraction of sp³-hybridized carbons (Fsp3) is 0.390. The Morgan fingerprint density at radius 3 is 2.24 bits per heavy atom. The summed E-state index contributed by atoms with van der Waals surface area (Å²) in [5.41, 5.74) is 4.70. The Balaban J connectivity index is 1.46. The second-order valence-corrected chi connectivity index (χ2v) is 15.9. The van der Waals surface area contributed by atoms with Crippen LogP contribution in [0, 0.1) is 25.7 Å². The summed E-state index contributed by atoms with van der Waals surface area (Å²) in [5, 5.41) is 11.0. The molecule has 3 aromatic carbocycles. The molecule has 3 aliphatic rings. The van der Waals surface area contributed by atoms with Crippen molar-refractivity contribution in [2.75, 3.05) is 24.6 Å². The van der Waals surface area contributed by atoms with Crippen LogP contribution >= 0.6 is 11.8 Å². The molecule has 3 heterocycles. The number of thioether (sulfide) groups is 1. The van der Waals surface area contributed by atoms with E-state index >= 15 is 9.59 Å². The molecule has 6 atom stereocenters. The van der Waals surface area contributed by atoms with Gasteiger partial charge in [0.2, 0.25) is 11.8 Å². The lowest BCUT2D eigenvalue weighted by Crippen LogP contribution is -2.58. The van der Waals surface area contributed by atoms with Crippen LogP contribution in [-0.2, 0) is 27.3 Å². The van der Waals surface area contributed by atoms with Gasteiger partial charge in [0.15, 0.2) is 0 Å². The molecule has 0 radical (unpaired) electrons. The third kappa shape index (κ3) is 6.14. The molecule has 1 N–H and O–H groups in total. The molecule has 0 saturated carbocycles. The molecule has 3 aliphatic heterocycles. The second kappa shape index (κ2) is 14.0. The third-order valence-corrected chi connectivity index (χ3v) is 12.7. The zero-order chi connectivity index (χ0) is 34.9. The van der Waals surface area contributed by atoms with Crippen molar-refractivity contribution in [2.24, 2.45) is 11.8 Å². The Morgan fingerprint density at radius 2 is 1.61 bits per heavy atom. The van der Waals surface area contributed by atoms with E-state index in [2.05, 4.69) is 20.1 Å². The number of fused-ring (bicyclic) bond motifs is 1. The monoisotopic (exact) mass is 677 g/mol. The van der Waals surface area contributed by atoms with E-state index in [1.165, 1.54) is 0 Å². The highest BCUT2D eigenvalue weighted by atomic mass is 32.2. The van der Waals surface area contributed by atoms with Crippen molar-refractivity contribution in [2.45, 2.75) is 68.2 Å². The van der Waals surface area contributed by atoms with Crippen molar-refractivity contribution >= 4 is 35.2 Å². The number of hydrogen-bond donors (Lipinski definition) is 1. The first-order valence-corrected chi connectivity index (χ1v) is 18.0. The summed E-state index contributed by atoms with van der Waals surface area (Å²) < 4.78 is -1.37. The van der Waals surface area contributed by atoms with Gasteiger partial charge in [-0.2, -0.15) is 0 Å². The standard InChI is InChI=1S/C41H47N3O4S/c1-6-22-42(26-31-16-12-9-13-17-31)37(46)34-35-38(47)44(32(27-45)25-30-14-10-8-11-15-30)36(41(35)21-20-40(34,5)49-41)39(48)43(23-7-2)33-24-28(3)18-19-29(33)4/h6-19,24,32,34-36,45H,1-2,20-23,25-27H2,3-5H3/t32-,34+,35+,36?,40-,41?/m1/s1. The predicted molar refractivity (Wildman–Crippen MR) is 197 cm³/mol. The number of benzene rings is 3. The van der Waals surface area contributed by atoms with Crippen LogP contribution in [0.4, 0.5) is 5.69 Å². The summed E-state index contributed by atoms with van der Waals surface area (Å²) in [6.45, 7) is 14.7. The number of anilines is 1. The zero-order valence-corrected chi connectivity index (χ0v) is 29.6. The van der Waals surface area contributed by atoms with Gasteiger partial charge in [-0.1, -0.05) is 84.9 Å². The van der Waals surface area contributed by atoms with Crippen molar-refractivity contribution in [3.05, 3.63) is 126 Å². The third-order valence-electron chi connectivity index (χ3n) is 10.7. The van der Waals surface area contributed by atoms with Crippen molar-refractivity contribution in [1.82, 2.24) is 9.80 Å². The molecule has 0 aliphatic carbocycles. The van der Waals surface area contributed by atoms with E-state index in [1.807, 2.05) is 92.7 Å². The lowest BCUT2D eigenvalue weighted by Gasteiger charge is -2.40. The Kier molecular flexibility index (Phi) is 9.92. The highest BCUT2D eigenvalue weighted by molar-refractivity contribution is 8.02. The highest BCUT2D eigenvalue weighted by Crippen LogP contribution is 2.72. The fourth-order valence-electron chi connectivity index (χ4n) is 8.53. The molecule has 3 fully saturated rings. The molecule has 8 heteroatoms. The van der Waals surface area contributed by atoms with E-state index in [1.54, 1.807) is 38.6 Å². The molecule has 2 unspecified atom stereocenters. The smallest absolute Gasteiger partial charge is 0.251 e. The Bertz CT molecular complexity index is 1730. The number of amides is 3. The summed E-state index contributed by atoms with van der Waals surface area (Å²) >= 11 is 1.66. The molecule has 6 rings (SSSR count). The molecule has 7 nitrogen and oxygen atoms in total. The van der Waals surface area contributed by atoms with Gasteiger partial charge in [0.05, 0.1) is 29.2 Å². The summed E-state index contributed by atoms with van der Waals surface area (Å²) in [5.74, 6) is -1.86. The number of hydrogen-bond acceptors (Lipinski definition) is 5. The van der Waals surface area contributed by atoms with E-state index in [0.29, 0.717) is 32.4 Å². The van der Waals surface area contributed by atoms with E-state index in [0.717, 1.165) is 27.9 Å². The normalized spacial score (nSPS) is 25.9. The molecule has 3 aromatic rings. The van der Waals surface area contributed by atoms with Crippen LogP contribution in [-0.4, -0.2) is 73.9 Å². The SMILES string of the molecule is C=CCN(Cc1ccccc1)C(=O)[C@@H]1[C@H]2C(=O)N([C@@H](CO)Cc3ccccc3)C(C(=O)N(CC=C)c3cc(C)ccc3C)C23CC[C@@]1(C)S3. The molecule has 2 bridgehead atoms. The number of nitrogens with zero attached hydrogens (tertiary/aromatic N) is 3. The van der Waals surface area contributed by atoms with Crippen molar-refractivity contribution in [1.29, 1.82) is 0 Å². The lowest BCUT2D eigenvalue weighted by atomic mass is 9.66.